The summed E-state index contributed by atoms with van der Waals surface area (Å²) < 4.78 is 6.56. The van der Waals surface area contributed by atoms with Crippen molar-refractivity contribution in [3.63, 3.8) is 0 Å². The Morgan fingerprint density at radius 2 is 2.17 bits per heavy atom. The molecule has 0 spiro atoms. The number of para-hydroxylation sites is 1. The first-order valence-electron chi connectivity index (χ1n) is 5.68. The number of nitrogens with one attached hydrogen (secondary N) is 1. The summed E-state index contributed by atoms with van der Waals surface area (Å²) >= 11 is 3.39. The highest BCUT2D eigenvalue weighted by Gasteiger charge is 2.24. The number of carbonyl (C=O) groups excluding carboxylic acids is 1. The standard InChI is InChI=1S/C14H16BrNO2/c1-4-9-16-14(17)13(10(2)3)18-12-8-6-5-7-11(12)15/h1,5-8,10,13H,9H2,2-3H3,(H,16,17). The number of ether oxygens (including phenoxy) is 1. The van der Waals surface area contributed by atoms with Crippen molar-refractivity contribution in [2.75, 3.05) is 6.54 Å². The van der Waals surface area contributed by atoms with Gasteiger partial charge in [-0.1, -0.05) is 31.9 Å². The Bertz CT molecular complexity index is 451. The largest absolute Gasteiger partial charge is 0.479 e. The van der Waals surface area contributed by atoms with Crippen molar-refractivity contribution >= 4 is 21.8 Å². The zero-order chi connectivity index (χ0) is 13.5. The van der Waals surface area contributed by atoms with Crippen LogP contribution in [0, 0.1) is 18.3 Å². The fourth-order valence-electron chi connectivity index (χ4n) is 1.41. The summed E-state index contributed by atoms with van der Waals surface area (Å²) in [7, 11) is 0. The molecule has 1 aromatic carbocycles. The molecule has 0 heterocycles. The molecular weight excluding hydrogens is 294 g/mol. The second kappa shape index (κ2) is 7.07. The van der Waals surface area contributed by atoms with Crippen LogP contribution in [0.15, 0.2) is 28.7 Å². The Labute approximate surface area is 116 Å². The highest BCUT2D eigenvalue weighted by Crippen LogP contribution is 2.26. The lowest BCUT2D eigenvalue weighted by Crippen LogP contribution is -2.41. The molecule has 0 saturated heterocycles. The molecule has 1 N–H and O–H groups in total. The van der Waals surface area contributed by atoms with Crippen molar-refractivity contribution in [1.29, 1.82) is 0 Å². The second-order valence-corrected chi connectivity index (χ2v) is 4.99. The predicted molar refractivity (Wildman–Crippen MR) is 75.2 cm³/mol. The lowest BCUT2D eigenvalue weighted by Gasteiger charge is -2.22. The maximum Gasteiger partial charge on any atom is 0.262 e. The summed E-state index contributed by atoms with van der Waals surface area (Å²) in [6, 6.07) is 7.43. The van der Waals surface area contributed by atoms with Gasteiger partial charge in [0.25, 0.3) is 5.91 Å². The minimum absolute atomic E-state index is 0.0508. The predicted octanol–water partition coefficient (Wildman–Crippen LogP) is 2.60. The topological polar surface area (TPSA) is 38.3 Å². The first-order chi connectivity index (χ1) is 8.56. The summed E-state index contributed by atoms with van der Waals surface area (Å²) in [6.07, 6.45) is 4.56. The number of benzene rings is 1. The molecule has 1 rings (SSSR count). The van der Waals surface area contributed by atoms with Crippen LogP contribution in [0.1, 0.15) is 13.8 Å². The summed E-state index contributed by atoms with van der Waals surface area (Å²) in [5, 5.41) is 2.64. The van der Waals surface area contributed by atoms with Gasteiger partial charge in [0.15, 0.2) is 6.10 Å². The van der Waals surface area contributed by atoms with Crippen LogP contribution < -0.4 is 10.1 Å². The molecule has 18 heavy (non-hydrogen) atoms. The molecule has 0 bridgehead atoms. The Morgan fingerprint density at radius 1 is 1.50 bits per heavy atom. The second-order valence-electron chi connectivity index (χ2n) is 4.13. The van der Waals surface area contributed by atoms with E-state index in [9.17, 15) is 4.79 Å². The zero-order valence-corrected chi connectivity index (χ0v) is 12.0. The van der Waals surface area contributed by atoms with Crippen LogP contribution in [0.25, 0.3) is 0 Å². The number of hydrogen-bond donors (Lipinski definition) is 1. The van der Waals surface area contributed by atoms with Crippen molar-refractivity contribution in [2.24, 2.45) is 5.92 Å². The van der Waals surface area contributed by atoms with Gasteiger partial charge in [0, 0.05) is 0 Å². The minimum Gasteiger partial charge on any atom is -0.479 e. The number of carbonyl (C=O) groups is 1. The average molecular weight is 310 g/mol. The number of hydrogen-bond acceptors (Lipinski definition) is 2. The van der Waals surface area contributed by atoms with Crippen molar-refractivity contribution < 1.29 is 9.53 Å². The fourth-order valence-corrected chi connectivity index (χ4v) is 1.79. The molecule has 1 amide bonds. The van der Waals surface area contributed by atoms with Crippen LogP contribution in [0.2, 0.25) is 0 Å². The molecule has 96 valence electrons. The molecule has 0 radical (unpaired) electrons. The van der Waals surface area contributed by atoms with Gasteiger partial charge in [-0.3, -0.25) is 4.79 Å². The van der Waals surface area contributed by atoms with E-state index in [2.05, 4.69) is 27.2 Å². The van der Waals surface area contributed by atoms with E-state index >= 15 is 0 Å². The van der Waals surface area contributed by atoms with E-state index in [0.29, 0.717) is 5.75 Å². The fraction of sp³-hybridized carbons (Fsp3) is 0.357. The van der Waals surface area contributed by atoms with E-state index in [0.717, 1.165) is 4.47 Å². The number of terminal acetylenes is 1. The Hall–Kier alpha value is -1.47. The third-order valence-electron chi connectivity index (χ3n) is 2.32. The van der Waals surface area contributed by atoms with Crippen LogP contribution in [0.5, 0.6) is 5.75 Å². The lowest BCUT2D eigenvalue weighted by molar-refractivity contribution is -0.129. The van der Waals surface area contributed by atoms with Gasteiger partial charge in [-0.2, -0.15) is 0 Å². The van der Waals surface area contributed by atoms with Crippen molar-refractivity contribution in [3.05, 3.63) is 28.7 Å². The maximum atomic E-state index is 11.9. The molecule has 3 nitrogen and oxygen atoms in total. The SMILES string of the molecule is C#CCNC(=O)C(Oc1ccccc1Br)C(C)C. The highest BCUT2D eigenvalue weighted by atomic mass is 79.9. The molecule has 1 aromatic rings. The first kappa shape index (κ1) is 14.6. The van der Waals surface area contributed by atoms with Gasteiger partial charge < -0.3 is 10.1 Å². The summed E-state index contributed by atoms with van der Waals surface area (Å²) in [6.45, 7) is 4.06. The van der Waals surface area contributed by atoms with Gasteiger partial charge in [-0.25, -0.2) is 0 Å². The quantitative estimate of drug-likeness (QED) is 0.849. The summed E-state index contributed by atoms with van der Waals surface area (Å²) in [5.74, 6) is 2.87. The molecule has 1 unspecified atom stereocenters. The van der Waals surface area contributed by atoms with Crippen LogP contribution >= 0.6 is 15.9 Å². The average Bonchev–Trinajstić information content (AvgIpc) is 2.34. The van der Waals surface area contributed by atoms with Crippen molar-refractivity contribution in [1.82, 2.24) is 5.32 Å². The van der Waals surface area contributed by atoms with Gasteiger partial charge in [0.2, 0.25) is 0 Å². The normalized spacial score (nSPS) is 11.7. The monoisotopic (exact) mass is 309 g/mol. The summed E-state index contributed by atoms with van der Waals surface area (Å²) in [4.78, 5) is 11.9. The first-order valence-corrected chi connectivity index (χ1v) is 6.48. The van der Waals surface area contributed by atoms with E-state index in [-0.39, 0.29) is 18.4 Å². The Kier molecular flexibility index (Phi) is 5.73. The lowest BCUT2D eigenvalue weighted by atomic mass is 10.1. The van der Waals surface area contributed by atoms with Crippen LogP contribution in [-0.4, -0.2) is 18.6 Å². The number of halogens is 1. The van der Waals surface area contributed by atoms with Gasteiger partial charge in [-0.05, 0) is 34.0 Å². The van der Waals surface area contributed by atoms with Crippen molar-refractivity contribution in [3.8, 4) is 18.1 Å². The van der Waals surface area contributed by atoms with E-state index < -0.39 is 6.10 Å². The van der Waals surface area contributed by atoms with E-state index in [4.69, 9.17) is 11.2 Å². The van der Waals surface area contributed by atoms with Gasteiger partial charge in [0.05, 0.1) is 11.0 Å². The van der Waals surface area contributed by atoms with Gasteiger partial charge in [0.1, 0.15) is 5.75 Å². The molecule has 0 aliphatic heterocycles. The Morgan fingerprint density at radius 3 is 2.72 bits per heavy atom. The van der Waals surface area contributed by atoms with Crippen LogP contribution in [-0.2, 0) is 4.79 Å². The number of amides is 1. The van der Waals surface area contributed by atoms with Gasteiger partial charge >= 0.3 is 0 Å². The number of rotatable bonds is 5. The third kappa shape index (κ3) is 4.08. The maximum absolute atomic E-state index is 11.9. The third-order valence-corrected chi connectivity index (χ3v) is 2.97. The highest BCUT2D eigenvalue weighted by molar-refractivity contribution is 9.10. The minimum atomic E-state index is -0.558. The van der Waals surface area contributed by atoms with Crippen LogP contribution in [0.4, 0.5) is 0 Å². The molecular formula is C14H16BrNO2. The molecule has 4 heteroatoms. The van der Waals surface area contributed by atoms with Crippen LogP contribution in [0.3, 0.4) is 0 Å². The van der Waals surface area contributed by atoms with E-state index in [1.54, 1.807) is 0 Å². The molecule has 0 aliphatic carbocycles. The molecule has 0 aromatic heterocycles. The smallest absolute Gasteiger partial charge is 0.262 e. The molecule has 0 fully saturated rings. The van der Waals surface area contributed by atoms with E-state index in [1.165, 1.54) is 0 Å². The van der Waals surface area contributed by atoms with E-state index in [1.807, 2.05) is 38.1 Å². The molecule has 0 aliphatic rings. The summed E-state index contributed by atoms with van der Waals surface area (Å²) in [5.41, 5.74) is 0. The Balaban J connectivity index is 2.79. The molecule has 1 atom stereocenters. The van der Waals surface area contributed by atoms with Gasteiger partial charge in [-0.15, -0.1) is 6.42 Å². The van der Waals surface area contributed by atoms with Crippen molar-refractivity contribution in [2.45, 2.75) is 20.0 Å². The zero-order valence-electron chi connectivity index (χ0n) is 10.4. The molecule has 0 saturated carbocycles.